The lowest BCUT2D eigenvalue weighted by Gasteiger charge is -2.32. The Balaban J connectivity index is 2.32. The molecule has 1 rings (SSSR count). The number of hydrogen-bond donors (Lipinski definition) is 0. The van der Waals surface area contributed by atoms with Crippen LogP contribution >= 0.6 is 12.2 Å². The highest BCUT2D eigenvalue weighted by molar-refractivity contribution is 7.80. The summed E-state index contributed by atoms with van der Waals surface area (Å²) in [6.45, 7) is 8.60. The minimum absolute atomic E-state index is 0.208. The fourth-order valence-electron chi connectivity index (χ4n) is 1.64. The van der Waals surface area contributed by atoms with Crippen LogP contribution in [-0.2, 0) is 0 Å². The molecule has 4 heteroatoms. The van der Waals surface area contributed by atoms with E-state index in [1.54, 1.807) is 0 Å². The Kier molecular flexibility index (Phi) is 6.43. The first-order valence-electron chi connectivity index (χ1n) is 7.00. The lowest BCUT2D eigenvalue weighted by molar-refractivity contribution is 0.170. The molecule has 0 aliphatic rings. The van der Waals surface area contributed by atoms with Crippen LogP contribution in [0.1, 0.15) is 27.2 Å². The highest BCUT2D eigenvalue weighted by Crippen LogP contribution is 2.12. The molecule has 0 atom stereocenters. The third-order valence-corrected chi connectivity index (χ3v) is 3.79. The van der Waals surface area contributed by atoms with Gasteiger partial charge in [0.15, 0.2) is 0 Å². The van der Waals surface area contributed by atoms with Gasteiger partial charge in [-0.1, -0.05) is 18.2 Å². The maximum Gasteiger partial charge on any atom is 0.264 e. The second-order valence-corrected chi connectivity index (χ2v) is 6.40. The highest BCUT2D eigenvalue weighted by Gasteiger charge is 2.16. The topological polar surface area (TPSA) is 15.7 Å². The molecule has 20 heavy (non-hydrogen) atoms. The first kappa shape index (κ1) is 16.9. The van der Waals surface area contributed by atoms with Gasteiger partial charge in [0.05, 0.1) is 0 Å². The van der Waals surface area contributed by atoms with Gasteiger partial charge in [0.25, 0.3) is 5.17 Å². The summed E-state index contributed by atoms with van der Waals surface area (Å²) in [6, 6.07) is 9.66. The van der Waals surface area contributed by atoms with Gasteiger partial charge < -0.3 is 14.5 Å². The fourth-order valence-corrected chi connectivity index (χ4v) is 1.83. The van der Waals surface area contributed by atoms with Crippen molar-refractivity contribution in [2.75, 3.05) is 27.2 Å². The van der Waals surface area contributed by atoms with E-state index in [-0.39, 0.29) is 5.54 Å². The number of ether oxygens (including phenoxy) is 1. The molecule has 3 nitrogen and oxygen atoms in total. The van der Waals surface area contributed by atoms with E-state index in [0.29, 0.717) is 5.17 Å². The van der Waals surface area contributed by atoms with Crippen LogP contribution in [-0.4, -0.2) is 47.7 Å². The molecule has 0 saturated carbocycles. The van der Waals surface area contributed by atoms with Crippen molar-refractivity contribution >= 4 is 17.4 Å². The zero-order valence-corrected chi connectivity index (χ0v) is 14.0. The van der Waals surface area contributed by atoms with Crippen LogP contribution < -0.4 is 4.74 Å². The van der Waals surface area contributed by atoms with Crippen molar-refractivity contribution in [3.63, 3.8) is 0 Å². The number of thiocarbonyl (C=S) groups is 1. The lowest BCUT2D eigenvalue weighted by atomic mass is 10.1. The van der Waals surface area contributed by atoms with Gasteiger partial charge in [0.1, 0.15) is 5.75 Å². The Hall–Kier alpha value is -1.13. The minimum atomic E-state index is 0.208. The predicted octanol–water partition coefficient (Wildman–Crippen LogP) is 3.40. The average Bonchev–Trinajstić information content (AvgIpc) is 2.38. The average molecular weight is 294 g/mol. The summed E-state index contributed by atoms with van der Waals surface area (Å²) in [5.41, 5.74) is 0.208. The quantitative estimate of drug-likeness (QED) is 0.773. The Labute approximate surface area is 128 Å². The molecule has 0 N–H and O–H groups in total. The van der Waals surface area contributed by atoms with Gasteiger partial charge in [-0.3, -0.25) is 0 Å². The molecular formula is C16H26N2OS. The molecule has 0 aromatic heterocycles. The highest BCUT2D eigenvalue weighted by atomic mass is 32.1. The van der Waals surface area contributed by atoms with Gasteiger partial charge in [-0.05, 0) is 58.6 Å². The summed E-state index contributed by atoms with van der Waals surface area (Å²) >= 11 is 5.30. The third kappa shape index (κ3) is 5.88. The second kappa shape index (κ2) is 7.60. The van der Waals surface area contributed by atoms with Crippen LogP contribution in [0.5, 0.6) is 5.75 Å². The SMILES string of the molecule is CN(CCCN(C)C(C)(C)C)C(=S)Oc1ccccc1. The summed E-state index contributed by atoms with van der Waals surface area (Å²) in [5.74, 6) is 0.788. The summed E-state index contributed by atoms with van der Waals surface area (Å²) in [6.07, 6.45) is 1.06. The third-order valence-electron chi connectivity index (χ3n) is 3.39. The molecule has 1 aromatic rings. The molecule has 0 fully saturated rings. The molecule has 0 aliphatic carbocycles. The van der Waals surface area contributed by atoms with Crippen molar-refractivity contribution < 1.29 is 4.74 Å². The summed E-state index contributed by atoms with van der Waals surface area (Å²) in [5, 5.41) is 0.523. The number of benzene rings is 1. The van der Waals surface area contributed by atoms with Crippen LogP contribution in [0.25, 0.3) is 0 Å². The van der Waals surface area contributed by atoms with Gasteiger partial charge in [-0.15, -0.1) is 0 Å². The zero-order valence-electron chi connectivity index (χ0n) is 13.2. The molecule has 0 amide bonds. The van der Waals surface area contributed by atoms with E-state index < -0.39 is 0 Å². The predicted molar refractivity (Wildman–Crippen MR) is 89.3 cm³/mol. The van der Waals surface area contributed by atoms with Crippen molar-refractivity contribution in [1.29, 1.82) is 0 Å². The van der Waals surface area contributed by atoms with E-state index in [2.05, 4.69) is 32.7 Å². The van der Waals surface area contributed by atoms with Gasteiger partial charge in [-0.2, -0.15) is 0 Å². The molecule has 0 spiro atoms. The van der Waals surface area contributed by atoms with E-state index in [9.17, 15) is 0 Å². The monoisotopic (exact) mass is 294 g/mol. The summed E-state index contributed by atoms with van der Waals surface area (Å²) < 4.78 is 5.64. The van der Waals surface area contributed by atoms with Crippen molar-refractivity contribution in [2.45, 2.75) is 32.7 Å². The number of rotatable bonds is 5. The Morgan fingerprint density at radius 2 is 1.70 bits per heavy atom. The van der Waals surface area contributed by atoms with E-state index in [1.807, 2.05) is 42.3 Å². The second-order valence-electron chi connectivity index (χ2n) is 6.05. The van der Waals surface area contributed by atoms with E-state index in [1.165, 1.54) is 0 Å². The normalized spacial score (nSPS) is 11.5. The Morgan fingerprint density at radius 1 is 1.10 bits per heavy atom. The lowest BCUT2D eigenvalue weighted by Crippen LogP contribution is -2.40. The molecule has 0 unspecified atom stereocenters. The van der Waals surface area contributed by atoms with Crippen LogP contribution in [0.2, 0.25) is 0 Å². The molecule has 0 saturated heterocycles. The smallest absolute Gasteiger partial charge is 0.264 e. The first-order chi connectivity index (χ1) is 9.30. The van der Waals surface area contributed by atoms with E-state index in [0.717, 1.165) is 25.3 Å². The summed E-state index contributed by atoms with van der Waals surface area (Å²) in [7, 11) is 4.13. The van der Waals surface area contributed by atoms with Gasteiger partial charge >= 0.3 is 0 Å². The maximum atomic E-state index is 5.64. The minimum Gasteiger partial charge on any atom is -0.432 e. The van der Waals surface area contributed by atoms with Crippen LogP contribution in [0.4, 0.5) is 0 Å². The first-order valence-corrected chi connectivity index (χ1v) is 7.41. The van der Waals surface area contributed by atoms with Crippen molar-refractivity contribution in [1.82, 2.24) is 9.80 Å². The van der Waals surface area contributed by atoms with Gasteiger partial charge in [0.2, 0.25) is 0 Å². The molecule has 112 valence electrons. The van der Waals surface area contributed by atoms with E-state index >= 15 is 0 Å². The molecule has 0 heterocycles. The molecule has 0 radical (unpaired) electrons. The zero-order chi connectivity index (χ0) is 15.2. The molecular weight excluding hydrogens is 268 g/mol. The number of para-hydroxylation sites is 1. The van der Waals surface area contributed by atoms with Crippen LogP contribution in [0, 0.1) is 0 Å². The molecule has 1 aromatic carbocycles. The van der Waals surface area contributed by atoms with Crippen molar-refractivity contribution in [3.05, 3.63) is 30.3 Å². The standard InChI is InChI=1S/C16H26N2OS/c1-16(2,3)18(5)13-9-12-17(4)15(20)19-14-10-7-6-8-11-14/h6-8,10-11H,9,12-13H2,1-5H3. The Bertz CT molecular complexity index is 414. The van der Waals surface area contributed by atoms with Crippen molar-refractivity contribution in [3.8, 4) is 5.75 Å². The summed E-state index contributed by atoms with van der Waals surface area (Å²) in [4.78, 5) is 4.33. The fraction of sp³-hybridized carbons (Fsp3) is 0.562. The van der Waals surface area contributed by atoms with Crippen LogP contribution in [0.15, 0.2) is 30.3 Å². The van der Waals surface area contributed by atoms with Crippen molar-refractivity contribution in [2.24, 2.45) is 0 Å². The van der Waals surface area contributed by atoms with E-state index in [4.69, 9.17) is 17.0 Å². The largest absolute Gasteiger partial charge is 0.432 e. The maximum absolute atomic E-state index is 5.64. The number of nitrogens with zero attached hydrogens (tertiary/aromatic N) is 2. The van der Waals surface area contributed by atoms with Gasteiger partial charge in [0, 0.05) is 25.7 Å². The van der Waals surface area contributed by atoms with Gasteiger partial charge in [-0.25, -0.2) is 0 Å². The molecule has 0 bridgehead atoms. The molecule has 0 aliphatic heterocycles. The Morgan fingerprint density at radius 3 is 2.25 bits per heavy atom. The van der Waals surface area contributed by atoms with Crippen LogP contribution in [0.3, 0.4) is 0 Å². The number of hydrogen-bond acceptors (Lipinski definition) is 3.